The van der Waals surface area contributed by atoms with Crippen LogP contribution in [0.4, 0.5) is 0 Å². The van der Waals surface area contributed by atoms with Gasteiger partial charge >= 0.3 is 0 Å². The summed E-state index contributed by atoms with van der Waals surface area (Å²) in [7, 11) is 0. The van der Waals surface area contributed by atoms with Gasteiger partial charge in [-0.3, -0.25) is 9.78 Å². The summed E-state index contributed by atoms with van der Waals surface area (Å²) in [4.78, 5) is 15.9. The number of aryl methyl sites for hydroxylation is 1. The third-order valence-electron chi connectivity index (χ3n) is 2.26. The summed E-state index contributed by atoms with van der Waals surface area (Å²) >= 11 is 0. The lowest BCUT2D eigenvalue weighted by atomic mass is 10.1. The monoisotopic (exact) mass is 217 g/mol. The highest BCUT2D eigenvalue weighted by atomic mass is 16.1. The molecular weight excluding hydrogens is 202 g/mol. The molecule has 0 saturated carbocycles. The number of nitrogens with zero attached hydrogens (tertiary/aromatic N) is 2. The molecule has 0 spiro atoms. The van der Waals surface area contributed by atoms with E-state index in [4.69, 9.17) is 5.26 Å². The minimum absolute atomic E-state index is 0.149. The van der Waals surface area contributed by atoms with E-state index in [1.54, 1.807) is 13.1 Å². The van der Waals surface area contributed by atoms with E-state index in [-0.39, 0.29) is 11.9 Å². The van der Waals surface area contributed by atoms with Crippen LogP contribution in [0.5, 0.6) is 0 Å². The van der Waals surface area contributed by atoms with Gasteiger partial charge in [0.1, 0.15) is 5.69 Å². The standard InChI is InChI=1S/C12H15N3O/c1-3-10-5-4-8-14-11(10)12(16)15-9(2)6-7-13/h4-5,8-9H,3,6H2,1-2H3,(H,15,16). The van der Waals surface area contributed by atoms with E-state index in [9.17, 15) is 4.79 Å². The fourth-order valence-corrected chi connectivity index (χ4v) is 1.41. The zero-order valence-corrected chi connectivity index (χ0v) is 9.53. The number of amides is 1. The summed E-state index contributed by atoms with van der Waals surface area (Å²) in [5, 5.41) is 11.3. The quantitative estimate of drug-likeness (QED) is 0.834. The van der Waals surface area contributed by atoms with Crippen LogP contribution >= 0.6 is 0 Å². The molecule has 0 aromatic carbocycles. The molecular formula is C12H15N3O. The highest BCUT2D eigenvalue weighted by Crippen LogP contribution is 2.06. The van der Waals surface area contributed by atoms with Gasteiger partial charge in [0.05, 0.1) is 12.5 Å². The summed E-state index contributed by atoms with van der Waals surface area (Å²) < 4.78 is 0. The normalized spacial score (nSPS) is 11.6. The van der Waals surface area contributed by atoms with Gasteiger partial charge in [0.15, 0.2) is 0 Å². The average Bonchev–Trinajstić information content (AvgIpc) is 2.29. The van der Waals surface area contributed by atoms with Crippen LogP contribution in [-0.2, 0) is 6.42 Å². The van der Waals surface area contributed by atoms with Crippen LogP contribution in [0.25, 0.3) is 0 Å². The summed E-state index contributed by atoms with van der Waals surface area (Å²) in [6.45, 7) is 3.78. The first-order valence-electron chi connectivity index (χ1n) is 5.30. The maximum Gasteiger partial charge on any atom is 0.270 e. The third kappa shape index (κ3) is 3.06. The molecule has 0 saturated heterocycles. The molecule has 0 fully saturated rings. The van der Waals surface area contributed by atoms with Crippen molar-refractivity contribution < 1.29 is 4.79 Å². The van der Waals surface area contributed by atoms with Crippen LogP contribution in [0.15, 0.2) is 18.3 Å². The lowest BCUT2D eigenvalue weighted by molar-refractivity contribution is 0.0935. The first-order valence-corrected chi connectivity index (χ1v) is 5.30. The molecule has 1 amide bonds. The van der Waals surface area contributed by atoms with E-state index in [0.717, 1.165) is 12.0 Å². The van der Waals surface area contributed by atoms with E-state index in [2.05, 4.69) is 10.3 Å². The van der Waals surface area contributed by atoms with Crippen LogP contribution in [0.1, 0.15) is 36.3 Å². The van der Waals surface area contributed by atoms with Crippen molar-refractivity contribution in [2.75, 3.05) is 0 Å². The highest BCUT2D eigenvalue weighted by molar-refractivity contribution is 5.93. The number of carbonyl (C=O) groups is 1. The lowest BCUT2D eigenvalue weighted by Crippen LogP contribution is -2.33. The number of hydrogen-bond acceptors (Lipinski definition) is 3. The molecule has 84 valence electrons. The minimum Gasteiger partial charge on any atom is -0.347 e. The number of aromatic nitrogens is 1. The minimum atomic E-state index is -0.208. The summed E-state index contributed by atoms with van der Waals surface area (Å²) in [6.07, 6.45) is 2.67. The van der Waals surface area contributed by atoms with Crippen LogP contribution < -0.4 is 5.32 Å². The second-order valence-electron chi connectivity index (χ2n) is 3.60. The Bertz CT molecular complexity index is 409. The number of rotatable bonds is 4. The van der Waals surface area contributed by atoms with Crippen molar-refractivity contribution in [1.82, 2.24) is 10.3 Å². The Morgan fingerprint density at radius 2 is 2.44 bits per heavy atom. The van der Waals surface area contributed by atoms with E-state index in [1.807, 2.05) is 25.1 Å². The van der Waals surface area contributed by atoms with Crippen molar-refractivity contribution in [3.63, 3.8) is 0 Å². The Morgan fingerprint density at radius 3 is 3.06 bits per heavy atom. The number of hydrogen-bond donors (Lipinski definition) is 1. The van der Waals surface area contributed by atoms with Gasteiger partial charge in [-0.2, -0.15) is 5.26 Å². The SMILES string of the molecule is CCc1cccnc1C(=O)NC(C)CC#N. The van der Waals surface area contributed by atoms with Gasteiger partial charge in [-0.15, -0.1) is 0 Å². The van der Waals surface area contributed by atoms with Crippen LogP contribution in [0, 0.1) is 11.3 Å². The molecule has 4 nitrogen and oxygen atoms in total. The number of nitrogens with one attached hydrogen (secondary N) is 1. The van der Waals surface area contributed by atoms with Gasteiger partial charge in [0.25, 0.3) is 5.91 Å². The first-order chi connectivity index (χ1) is 7.69. The molecule has 1 heterocycles. The Labute approximate surface area is 95.3 Å². The molecule has 1 N–H and O–H groups in total. The van der Waals surface area contributed by atoms with Crippen molar-refractivity contribution in [1.29, 1.82) is 5.26 Å². The molecule has 0 aliphatic carbocycles. The summed E-state index contributed by atoms with van der Waals surface area (Å²) in [5.74, 6) is -0.208. The lowest BCUT2D eigenvalue weighted by Gasteiger charge is -2.11. The molecule has 1 atom stereocenters. The van der Waals surface area contributed by atoms with Crippen LogP contribution in [-0.4, -0.2) is 16.9 Å². The van der Waals surface area contributed by atoms with Crippen LogP contribution in [0.2, 0.25) is 0 Å². The van der Waals surface area contributed by atoms with Gasteiger partial charge in [-0.05, 0) is 25.0 Å². The topological polar surface area (TPSA) is 65.8 Å². The fourth-order valence-electron chi connectivity index (χ4n) is 1.41. The molecule has 0 radical (unpaired) electrons. The molecule has 1 aromatic heterocycles. The second-order valence-corrected chi connectivity index (χ2v) is 3.60. The molecule has 16 heavy (non-hydrogen) atoms. The van der Waals surface area contributed by atoms with Crippen molar-refractivity contribution in [2.45, 2.75) is 32.7 Å². The maximum atomic E-state index is 11.8. The first kappa shape index (κ1) is 12.2. The zero-order valence-electron chi connectivity index (χ0n) is 9.53. The zero-order chi connectivity index (χ0) is 12.0. The Morgan fingerprint density at radius 1 is 1.69 bits per heavy atom. The van der Waals surface area contributed by atoms with Crippen molar-refractivity contribution in [3.8, 4) is 6.07 Å². The predicted molar refractivity (Wildman–Crippen MR) is 60.8 cm³/mol. The van der Waals surface area contributed by atoms with Crippen molar-refractivity contribution in [3.05, 3.63) is 29.6 Å². The van der Waals surface area contributed by atoms with Gasteiger partial charge in [0, 0.05) is 12.2 Å². The number of pyridine rings is 1. The summed E-state index contributed by atoms with van der Waals surface area (Å²) in [5.41, 5.74) is 1.37. The second kappa shape index (κ2) is 5.86. The third-order valence-corrected chi connectivity index (χ3v) is 2.26. The average molecular weight is 217 g/mol. The predicted octanol–water partition coefficient (Wildman–Crippen LogP) is 1.68. The summed E-state index contributed by atoms with van der Waals surface area (Å²) in [6, 6.07) is 5.57. The van der Waals surface area contributed by atoms with Gasteiger partial charge < -0.3 is 5.32 Å². The Balaban J connectivity index is 2.77. The molecule has 0 bridgehead atoms. The van der Waals surface area contributed by atoms with E-state index < -0.39 is 0 Å². The molecule has 1 unspecified atom stereocenters. The Hall–Kier alpha value is -1.89. The molecule has 4 heteroatoms. The molecule has 1 rings (SSSR count). The Kier molecular flexibility index (Phi) is 4.46. The van der Waals surface area contributed by atoms with Crippen molar-refractivity contribution >= 4 is 5.91 Å². The van der Waals surface area contributed by atoms with E-state index in [1.165, 1.54) is 0 Å². The van der Waals surface area contributed by atoms with Gasteiger partial charge in [0.2, 0.25) is 0 Å². The van der Waals surface area contributed by atoms with E-state index in [0.29, 0.717) is 12.1 Å². The smallest absolute Gasteiger partial charge is 0.270 e. The number of carbonyl (C=O) groups excluding carboxylic acids is 1. The molecule has 1 aromatic rings. The number of nitriles is 1. The largest absolute Gasteiger partial charge is 0.347 e. The maximum absolute atomic E-state index is 11.8. The fraction of sp³-hybridized carbons (Fsp3) is 0.417. The van der Waals surface area contributed by atoms with Gasteiger partial charge in [-0.1, -0.05) is 13.0 Å². The van der Waals surface area contributed by atoms with Crippen LogP contribution in [0.3, 0.4) is 0 Å². The van der Waals surface area contributed by atoms with Crippen molar-refractivity contribution in [2.24, 2.45) is 0 Å². The van der Waals surface area contributed by atoms with Gasteiger partial charge in [-0.25, -0.2) is 0 Å². The van der Waals surface area contributed by atoms with E-state index >= 15 is 0 Å². The molecule has 0 aliphatic rings. The molecule has 0 aliphatic heterocycles. The highest BCUT2D eigenvalue weighted by Gasteiger charge is 2.13.